The summed E-state index contributed by atoms with van der Waals surface area (Å²) < 4.78 is 16.2. The monoisotopic (exact) mass is 324 g/mol. The molecule has 0 aliphatic rings. The van der Waals surface area contributed by atoms with Crippen molar-refractivity contribution in [1.82, 2.24) is 0 Å². The number of benzene rings is 2. The van der Waals surface area contributed by atoms with E-state index in [4.69, 9.17) is 14.2 Å². The number of allylic oxidation sites excluding steroid dienone is 1. The summed E-state index contributed by atoms with van der Waals surface area (Å²) in [5.74, 6) is 2.42. The van der Waals surface area contributed by atoms with Gasteiger partial charge in [0.25, 0.3) is 0 Å². The van der Waals surface area contributed by atoms with Crippen LogP contribution < -0.4 is 14.2 Å². The van der Waals surface area contributed by atoms with Crippen LogP contribution in [0.5, 0.6) is 17.2 Å². The summed E-state index contributed by atoms with van der Waals surface area (Å²) >= 11 is 0. The molecule has 0 spiro atoms. The van der Waals surface area contributed by atoms with Crippen molar-refractivity contribution in [2.24, 2.45) is 0 Å². The highest BCUT2D eigenvalue weighted by Crippen LogP contribution is 2.24. The van der Waals surface area contributed by atoms with Gasteiger partial charge in [0, 0.05) is 6.07 Å². The first-order chi connectivity index (χ1) is 11.6. The molecule has 0 heterocycles. The van der Waals surface area contributed by atoms with Gasteiger partial charge in [-0.15, -0.1) is 0 Å². The molecule has 0 saturated carbocycles. The fourth-order valence-corrected chi connectivity index (χ4v) is 2.10. The Morgan fingerprint density at radius 2 is 1.38 bits per heavy atom. The van der Waals surface area contributed by atoms with Crippen LogP contribution in [0.1, 0.15) is 25.0 Å². The molecule has 0 N–H and O–H groups in total. The second kappa shape index (κ2) is 8.82. The van der Waals surface area contributed by atoms with Gasteiger partial charge >= 0.3 is 0 Å². The summed E-state index contributed by atoms with van der Waals surface area (Å²) in [6.07, 6.45) is 6.14. The van der Waals surface area contributed by atoms with Crippen molar-refractivity contribution in [3.8, 4) is 17.2 Å². The molecule has 24 heavy (non-hydrogen) atoms. The van der Waals surface area contributed by atoms with E-state index < -0.39 is 0 Å². The Labute approximate surface area is 144 Å². The van der Waals surface area contributed by atoms with Crippen LogP contribution in [0.15, 0.2) is 54.1 Å². The van der Waals surface area contributed by atoms with Gasteiger partial charge < -0.3 is 14.2 Å². The third kappa shape index (κ3) is 5.51. The predicted molar refractivity (Wildman–Crippen MR) is 99.8 cm³/mol. The Morgan fingerprint density at radius 3 is 1.92 bits per heavy atom. The highest BCUT2D eigenvalue weighted by atomic mass is 16.5. The summed E-state index contributed by atoms with van der Waals surface area (Å²) in [6.45, 7) is 4.72. The Balaban J connectivity index is 2.05. The van der Waals surface area contributed by atoms with Crippen molar-refractivity contribution in [3.63, 3.8) is 0 Å². The van der Waals surface area contributed by atoms with Gasteiger partial charge in [0.05, 0.1) is 14.2 Å². The minimum atomic E-state index is 0.598. The van der Waals surface area contributed by atoms with Gasteiger partial charge in [-0.25, -0.2) is 0 Å². The van der Waals surface area contributed by atoms with Crippen LogP contribution in [-0.4, -0.2) is 20.8 Å². The van der Waals surface area contributed by atoms with Crippen molar-refractivity contribution in [2.75, 3.05) is 20.8 Å². The van der Waals surface area contributed by atoms with Crippen LogP contribution in [0.4, 0.5) is 0 Å². The summed E-state index contributed by atoms with van der Waals surface area (Å²) in [5, 5.41) is 0. The van der Waals surface area contributed by atoms with Gasteiger partial charge in [-0.3, -0.25) is 0 Å². The van der Waals surface area contributed by atoms with Crippen LogP contribution in [-0.2, 0) is 0 Å². The molecule has 2 aromatic rings. The second-order valence-corrected chi connectivity index (χ2v) is 5.64. The first-order valence-electron chi connectivity index (χ1n) is 7.88. The minimum Gasteiger partial charge on any atom is -0.497 e. The summed E-state index contributed by atoms with van der Waals surface area (Å²) in [7, 11) is 3.30. The molecule has 0 aliphatic heterocycles. The van der Waals surface area contributed by atoms with Crippen molar-refractivity contribution >= 4 is 12.2 Å². The van der Waals surface area contributed by atoms with Gasteiger partial charge in [0.15, 0.2) is 0 Å². The fraction of sp³-hybridized carbons (Fsp3) is 0.238. The quantitative estimate of drug-likeness (QED) is 0.516. The standard InChI is InChI=1S/C21H24O3/c1-16(2)11-12-24-19-9-7-17(8-10-19)5-6-18-13-20(22-3)15-21(14-18)23-4/h5-11,13-15H,12H2,1-4H3/b6-5-. The largest absolute Gasteiger partial charge is 0.497 e. The second-order valence-electron chi connectivity index (χ2n) is 5.64. The van der Waals surface area contributed by atoms with Crippen molar-refractivity contribution in [1.29, 1.82) is 0 Å². The van der Waals surface area contributed by atoms with Crippen molar-refractivity contribution < 1.29 is 14.2 Å². The first kappa shape index (κ1) is 17.7. The minimum absolute atomic E-state index is 0.598. The zero-order valence-electron chi connectivity index (χ0n) is 14.7. The SMILES string of the molecule is COc1cc(/C=C\c2ccc(OCC=C(C)C)cc2)cc(OC)c1. The van der Waals surface area contributed by atoms with Gasteiger partial charge in [0.2, 0.25) is 0 Å². The lowest BCUT2D eigenvalue weighted by Gasteiger charge is -2.06. The molecule has 0 bridgehead atoms. The van der Waals surface area contributed by atoms with E-state index in [0.717, 1.165) is 28.4 Å². The van der Waals surface area contributed by atoms with Crippen LogP contribution in [0.3, 0.4) is 0 Å². The molecule has 3 heteroatoms. The summed E-state index contributed by atoms with van der Waals surface area (Å²) in [5.41, 5.74) is 3.38. The van der Waals surface area contributed by atoms with E-state index in [2.05, 4.69) is 19.9 Å². The predicted octanol–water partition coefficient (Wildman–Crippen LogP) is 5.22. The molecule has 126 valence electrons. The number of methoxy groups -OCH3 is 2. The average molecular weight is 324 g/mol. The number of hydrogen-bond donors (Lipinski definition) is 0. The lowest BCUT2D eigenvalue weighted by Crippen LogP contribution is -1.93. The Kier molecular flexibility index (Phi) is 6.50. The van der Waals surface area contributed by atoms with Gasteiger partial charge in [-0.2, -0.15) is 0 Å². The zero-order chi connectivity index (χ0) is 17.4. The van der Waals surface area contributed by atoms with Crippen LogP contribution in [0.2, 0.25) is 0 Å². The molecule has 0 aliphatic carbocycles. The maximum absolute atomic E-state index is 5.66. The molecular formula is C21H24O3. The van der Waals surface area contributed by atoms with E-state index in [-0.39, 0.29) is 0 Å². The van der Waals surface area contributed by atoms with E-state index in [1.807, 2.05) is 54.6 Å². The number of ether oxygens (including phenoxy) is 3. The van der Waals surface area contributed by atoms with E-state index in [1.165, 1.54) is 5.57 Å². The third-order valence-electron chi connectivity index (χ3n) is 3.46. The highest BCUT2D eigenvalue weighted by molar-refractivity contribution is 5.71. The van der Waals surface area contributed by atoms with Crippen molar-refractivity contribution in [2.45, 2.75) is 13.8 Å². The Hall–Kier alpha value is -2.68. The van der Waals surface area contributed by atoms with E-state index in [0.29, 0.717) is 6.61 Å². The molecule has 0 unspecified atom stereocenters. The van der Waals surface area contributed by atoms with Gasteiger partial charge in [-0.1, -0.05) is 29.9 Å². The molecular weight excluding hydrogens is 300 g/mol. The van der Waals surface area contributed by atoms with E-state index in [9.17, 15) is 0 Å². The Morgan fingerprint density at radius 1 is 0.792 bits per heavy atom. The Bertz CT molecular complexity index is 686. The highest BCUT2D eigenvalue weighted by Gasteiger charge is 1.99. The van der Waals surface area contributed by atoms with Crippen LogP contribution >= 0.6 is 0 Å². The van der Waals surface area contributed by atoms with E-state index in [1.54, 1.807) is 14.2 Å². The molecule has 0 saturated heterocycles. The maximum atomic E-state index is 5.66. The van der Waals surface area contributed by atoms with Crippen LogP contribution in [0, 0.1) is 0 Å². The molecule has 2 aromatic carbocycles. The maximum Gasteiger partial charge on any atom is 0.123 e. The molecule has 0 atom stereocenters. The fourth-order valence-electron chi connectivity index (χ4n) is 2.10. The summed E-state index contributed by atoms with van der Waals surface area (Å²) in [6, 6.07) is 13.8. The molecule has 2 rings (SSSR count). The molecule has 3 nitrogen and oxygen atoms in total. The van der Waals surface area contributed by atoms with Gasteiger partial charge in [0.1, 0.15) is 23.9 Å². The zero-order valence-corrected chi connectivity index (χ0v) is 14.7. The van der Waals surface area contributed by atoms with E-state index >= 15 is 0 Å². The van der Waals surface area contributed by atoms with Gasteiger partial charge in [-0.05, 0) is 55.3 Å². The molecule has 0 fully saturated rings. The van der Waals surface area contributed by atoms with Crippen molar-refractivity contribution in [3.05, 3.63) is 65.2 Å². The van der Waals surface area contributed by atoms with Crippen LogP contribution in [0.25, 0.3) is 12.2 Å². The number of rotatable bonds is 7. The molecule has 0 amide bonds. The topological polar surface area (TPSA) is 27.7 Å². The average Bonchev–Trinajstić information content (AvgIpc) is 2.60. The lowest BCUT2D eigenvalue weighted by atomic mass is 10.1. The normalized spacial score (nSPS) is 10.5. The first-order valence-corrected chi connectivity index (χ1v) is 7.88. The third-order valence-corrected chi connectivity index (χ3v) is 3.46. The number of hydrogen-bond acceptors (Lipinski definition) is 3. The molecule has 0 radical (unpaired) electrons. The smallest absolute Gasteiger partial charge is 0.123 e. The molecule has 0 aromatic heterocycles. The lowest BCUT2D eigenvalue weighted by molar-refractivity contribution is 0.362. The summed E-state index contributed by atoms with van der Waals surface area (Å²) in [4.78, 5) is 0.